The van der Waals surface area contributed by atoms with Crippen LogP contribution in [-0.4, -0.2) is 37.0 Å². The highest BCUT2D eigenvalue weighted by Crippen LogP contribution is 2.22. The predicted octanol–water partition coefficient (Wildman–Crippen LogP) is 1.44. The van der Waals surface area contributed by atoms with Crippen LogP contribution in [0.4, 0.5) is 4.79 Å². The molecule has 1 atom stereocenters. The van der Waals surface area contributed by atoms with Crippen LogP contribution in [0.2, 0.25) is 6.32 Å². The summed E-state index contributed by atoms with van der Waals surface area (Å²) in [6.07, 6.45) is 3.11. The van der Waals surface area contributed by atoms with Gasteiger partial charge in [0.1, 0.15) is 13.4 Å². The zero-order valence-electron chi connectivity index (χ0n) is 9.67. The van der Waals surface area contributed by atoms with E-state index >= 15 is 0 Å². The average molecular weight is 197 g/mol. The lowest BCUT2D eigenvalue weighted by atomic mass is 9.96. The van der Waals surface area contributed by atoms with E-state index in [4.69, 9.17) is 4.74 Å². The summed E-state index contributed by atoms with van der Waals surface area (Å²) in [5.41, 5.74) is -0.377. The number of likely N-dealkylation sites (tertiary alicyclic amines) is 1. The minimum atomic E-state index is -0.377. The van der Waals surface area contributed by atoms with Gasteiger partial charge < -0.3 is 9.64 Å². The van der Waals surface area contributed by atoms with Gasteiger partial charge in [-0.15, -0.1) is 0 Å². The highest BCUT2D eigenvalue weighted by molar-refractivity contribution is 6.09. The topological polar surface area (TPSA) is 29.5 Å². The molecule has 0 radical (unpaired) electrons. The van der Waals surface area contributed by atoms with Gasteiger partial charge >= 0.3 is 6.09 Å². The highest BCUT2D eigenvalue weighted by atomic mass is 16.6. The molecule has 1 aliphatic heterocycles. The van der Waals surface area contributed by atoms with Crippen LogP contribution in [0.5, 0.6) is 0 Å². The number of rotatable bonds is 1. The predicted molar refractivity (Wildman–Crippen MR) is 59.3 cm³/mol. The molecular weight excluding hydrogens is 177 g/mol. The second-order valence-electron chi connectivity index (χ2n) is 4.88. The number of carbonyl (C=O) groups is 1. The van der Waals surface area contributed by atoms with E-state index in [0.29, 0.717) is 6.04 Å². The monoisotopic (exact) mass is 197 g/mol. The summed E-state index contributed by atoms with van der Waals surface area (Å²) in [5.74, 6) is 0. The summed E-state index contributed by atoms with van der Waals surface area (Å²) in [4.78, 5) is 13.6. The number of hydrogen-bond acceptors (Lipinski definition) is 2. The van der Waals surface area contributed by atoms with Crippen molar-refractivity contribution in [3.63, 3.8) is 0 Å². The zero-order valence-corrected chi connectivity index (χ0v) is 9.67. The lowest BCUT2D eigenvalue weighted by Gasteiger charge is -2.28. The van der Waals surface area contributed by atoms with E-state index < -0.39 is 0 Å². The number of carbonyl (C=O) groups excluding carboxylic acids is 1. The Morgan fingerprint density at radius 2 is 2.21 bits per heavy atom. The first-order valence-corrected chi connectivity index (χ1v) is 5.43. The normalized spacial score (nSPS) is 22.5. The van der Waals surface area contributed by atoms with Crippen molar-refractivity contribution in [2.24, 2.45) is 0 Å². The van der Waals surface area contributed by atoms with Gasteiger partial charge in [0.05, 0.1) is 0 Å². The summed E-state index contributed by atoms with van der Waals surface area (Å²) < 4.78 is 5.34. The molecule has 14 heavy (non-hydrogen) atoms. The number of ether oxygens (including phenoxy) is 1. The second kappa shape index (κ2) is 4.24. The second-order valence-corrected chi connectivity index (χ2v) is 4.88. The van der Waals surface area contributed by atoms with E-state index in [-0.39, 0.29) is 11.7 Å². The van der Waals surface area contributed by atoms with E-state index in [9.17, 15) is 4.79 Å². The first kappa shape index (κ1) is 11.4. The van der Waals surface area contributed by atoms with Gasteiger partial charge in [-0.1, -0.05) is 6.32 Å². The lowest BCUT2D eigenvalue weighted by molar-refractivity contribution is 0.0239. The number of nitrogens with zero attached hydrogens (tertiary/aromatic N) is 1. The Labute approximate surface area is 87.2 Å². The van der Waals surface area contributed by atoms with Crippen LogP contribution < -0.4 is 0 Å². The van der Waals surface area contributed by atoms with Crippen LogP contribution in [0.15, 0.2) is 0 Å². The molecule has 0 spiro atoms. The maximum absolute atomic E-state index is 11.7. The molecule has 1 rings (SSSR count). The zero-order chi connectivity index (χ0) is 10.8. The lowest BCUT2D eigenvalue weighted by Crippen LogP contribution is -2.39. The van der Waals surface area contributed by atoms with E-state index in [1.54, 1.807) is 0 Å². The van der Waals surface area contributed by atoms with Crippen LogP contribution in [0.1, 0.15) is 33.6 Å². The molecule has 3 nitrogen and oxygen atoms in total. The van der Waals surface area contributed by atoms with E-state index in [0.717, 1.165) is 25.7 Å². The quantitative estimate of drug-likeness (QED) is 0.595. The van der Waals surface area contributed by atoms with Gasteiger partial charge in [0, 0.05) is 12.6 Å². The molecule has 4 heteroatoms. The van der Waals surface area contributed by atoms with Gasteiger partial charge in [-0.25, -0.2) is 4.79 Å². The molecule has 0 unspecified atom stereocenters. The smallest absolute Gasteiger partial charge is 0.410 e. The van der Waals surface area contributed by atoms with Crippen molar-refractivity contribution in [2.75, 3.05) is 6.54 Å². The molecule has 80 valence electrons. The standard InChI is InChI=1S/C10H20BNO2/c1-10(2,3)14-9(13)12-6-4-5-8(12)7-11/h8H,4-7,11H2,1-3H3/t8-/m0/s1. The molecular formula is C10H20BNO2. The molecule has 0 saturated carbocycles. The van der Waals surface area contributed by atoms with Crippen LogP contribution >= 0.6 is 0 Å². The van der Waals surface area contributed by atoms with Crippen molar-refractivity contribution in [1.29, 1.82) is 0 Å². The van der Waals surface area contributed by atoms with Gasteiger partial charge in [-0.3, -0.25) is 0 Å². The Kier molecular flexibility index (Phi) is 3.45. The van der Waals surface area contributed by atoms with Crippen LogP contribution in [-0.2, 0) is 4.74 Å². The van der Waals surface area contributed by atoms with Crippen LogP contribution in [0.3, 0.4) is 0 Å². The van der Waals surface area contributed by atoms with Crippen molar-refractivity contribution >= 4 is 13.9 Å². The molecule has 0 aromatic rings. The summed E-state index contributed by atoms with van der Waals surface area (Å²) >= 11 is 0. The van der Waals surface area contributed by atoms with Gasteiger partial charge in [-0.05, 0) is 33.6 Å². The van der Waals surface area contributed by atoms with Gasteiger partial charge in [0.2, 0.25) is 0 Å². The van der Waals surface area contributed by atoms with Gasteiger partial charge in [-0.2, -0.15) is 0 Å². The summed E-state index contributed by atoms with van der Waals surface area (Å²) in [6.45, 7) is 6.57. The SMILES string of the molecule is BC[C@@H]1CCCN1C(=O)OC(C)(C)C. The Morgan fingerprint density at radius 1 is 1.57 bits per heavy atom. The fourth-order valence-corrected chi connectivity index (χ4v) is 1.82. The Balaban J connectivity index is 2.52. The number of amides is 1. The molecule has 0 N–H and O–H groups in total. The summed E-state index contributed by atoms with van der Waals surface area (Å²) in [7, 11) is 2.12. The third kappa shape index (κ3) is 2.93. The summed E-state index contributed by atoms with van der Waals surface area (Å²) in [5, 5.41) is 0. The van der Waals surface area contributed by atoms with Crippen LogP contribution in [0.25, 0.3) is 0 Å². The molecule has 0 bridgehead atoms. The van der Waals surface area contributed by atoms with E-state index in [1.165, 1.54) is 0 Å². The van der Waals surface area contributed by atoms with Crippen molar-refractivity contribution in [3.8, 4) is 0 Å². The highest BCUT2D eigenvalue weighted by Gasteiger charge is 2.30. The van der Waals surface area contributed by atoms with Crippen molar-refractivity contribution in [3.05, 3.63) is 0 Å². The molecule has 1 aliphatic rings. The fraction of sp³-hybridized carbons (Fsp3) is 0.900. The van der Waals surface area contributed by atoms with Crippen molar-refractivity contribution in [1.82, 2.24) is 4.90 Å². The Hall–Kier alpha value is -0.665. The third-order valence-corrected chi connectivity index (χ3v) is 2.48. The molecule has 0 aliphatic carbocycles. The minimum absolute atomic E-state index is 0.151. The van der Waals surface area contributed by atoms with Crippen LogP contribution in [0, 0.1) is 0 Å². The van der Waals surface area contributed by atoms with Crippen molar-refractivity contribution < 1.29 is 9.53 Å². The van der Waals surface area contributed by atoms with E-state index in [1.807, 2.05) is 25.7 Å². The molecule has 0 aromatic heterocycles. The fourth-order valence-electron chi connectivity index (χ4n) is 1.82. The molecule has 1 amide bonds. The van der Waals surface area contributed by atoms with Crippen molar-refractivity contribution in [2.45, 2.75) is 51.6 Å². The molecule has 1 saturated heterocycles. The summed E-state index contributed by atoms with van der Waals surface area (Å²) in [6, 6.07) is 0.393. The van der Waals surface area contributed by atoms with Gasteiger partial charge in [0.15, 0.2) is 0 Å². The van der Waals surface area contributed by atoms with Gasteiger partial charge in [0.25, 0.3) is 0 Å². The minimum Gasteiger partial charge on any atom is -0.444 e. The Morgan fingerprint density at radius 3 is 2.71 bits per heavy atom. The maximum atomic E-state index is 11.7. The number of hydrogen-bond donors (Lipinski definition) is 0. The average Bonchev–Trinajstić information content (AvgIpc) is 2.47. The largest absolute Gasteiger partial charge is 0.444 e. The van der Waals surface area contributed by atoms with E-state index in [2.05, 4.69) is 7.85 Å². The molecule has 0 aromatic carbocycles. The first-order chi connectivity index (χ1) is 6.44. The molecule has 1 heterocycles. The molecule has 1 fully saturated rings. The maximum Gasteiger partial charge on any atom is 0.410 e. The third-order valence-electron chi connectivity index (χ3n) is 2.48. The Bertz CT molecular complexity index is 213. The first-order valence-electron chi connectivity index (χ1n) is 5.43.